The van der Waals surface area contributed by atoms with Crippen molar-refractivity contribution in [3.8, 4) is 11.5 Å². The molecule has 2 aromatic carbocycles. The Hall–Kier alpha value is -3.15. The maximum absolute atomic E-state index is 12.7. The number of carbonyl (C=O) groups is 1. The summed E-state index contributed by atoms with van der Waals surface area (Å²) in [5, 5.41) is 8.51. The number of hydrogen-bond acceptors (Lipinski definition) is 8. The molecule has 1 N–H and O–H groups in total. The molecule has 0 spiro atoms. The van der Waals surface area contributed by atoms with Gasteiger partial charge in [0.25, 0.3) is 5.91 Å². The number of fused-ring (bicyclic) bond motifs is 1. The van der Waals surface area contributed by atoms with E-state index in [1.807, 2.05) is 37.3 Å². The molecule has 0 bridgehead atoms. The van der Waals surface area contributed by atoms with E-state index in [0.29, 0.717) is 23.7 Å². The SMILES string of the molecule is CCOc1cc(/C=C2/C(=N)N3C(=NC2=O)SN=C3S(=O)(=O)CC)cc(Cl)c1OCc1ccccc1. The van der Waals surface area contributed by atoms with Crippen LogP contribution in [-0.4, -0.2) is 47.8 Å². The average Bonchev–Trinajstić information content (AvgIpc) is 3.27. The molecule has 0 unspecified atom stereocenters. The van der Waals surface area contributed by atoms with Gasteiger partial charge in [-0.05, 0) is 36.3 Å². The van der Waals surface area contributed by atoms with Crippen LogP contribution >= 0.6 is 23.5 Å². The summed E-state index contributed by atoms with van der Waals surface area (Å²) in [7, 11) is -3.73. The van der Waals surface area contributed by atoms with Gasteiger partial charge in [0.2, 0.25) is 20.2 Å². The van der Waals surface area contributed by atoms with Crippen molar-refractivity contribution in [2.24, 2.45) is 9.39 Å². The zero-order valence-corrected chi connectivity index (χ0v) is 21.2. The molecule has 9 nitrogen and oxygen atoms in total. The second-order valence-electron chi connectivity index (χ2n) is 7.35. The highest BCUT2D eigenvalue weighted by atomic mass is 35.5. The zero-order valence-electron chi connectivity index (χ0n) is 18.8. The van der Waals surface area contributed by atoms with Crippen molar-refractivity contribution in [1.82, 2.24) is 4.90 Å². The molecule has 12 heteroatoms. The predicted octanol–water partition coefficient (Wildman–Crippen LogP) is 4.33. The molecule has 2 heterocycles. The van der Waals surface area contributed by atoms with Gasteiger partial charge in [-0.15, -0.1) is 0 Å². The Morgan fingerprint density at radius 1 is 1.17 bits per heavy atom. The predicted molar refractivity (Wildman–Crippen MR) is 138 cm³/mol. The lowest BCUT2D eigenvalue weighted by molar-refractivity contribution is -0.114. The molecule has 2 aliphatic rings. The first kappa shape index (κ1) is 25.0. The standard InChI is InChI=1S/C23H21ClN4O5S2/c1-3-32-18-12-15(11-17(24)19(18)33-13-14-8-6-5-7-9-14)10-16-20(25)28-22(26-21(16)29)34-27-23(28)35(30,31)4-2/h5-12,25H,3-4,13H2,1-2H3/b16-10-,25-20?. The first-order valence-electron chi connectivity index (χ1n) is 10.6. The van der Waals surface area contributed by atoms with Crippen LogP contribution in [0, 0.1) is 5.41 Å². The van der Waals surface area contributed by atoms with Gasteiger partial charge in [-0.1, -0.05) is 48.9 Å². The summed E-state index contributed by atoms with van der Waals surface area (Å²) in [5.74, 6) is -0.496. The van der Waals surface area contributed by atoms with E-state index in [4.69, 9.17) is 26.5 Å². The lowest BCUT2D eigenvalue weighted by atomic mass is 10.1. The molecule has 2 aliphatic heterocycles. The van der Waals surface area contributed by atoms with E-state index in [9.17, 15) is 13.2 Å². The summed E-state index contributed by atoms with van der Waals surface area (Å²) < 4.78 is 40.4. The van der Waals surface area contributed by atoms with Crippen molar-refractivity contribution in [2.45, 2.75) is 20.5 Å². The van der Waals surface area contributed by atoms with Gasteiger partial charge < -0.3 is 9.47 Å². The third kappa shape index (κ3) is 5.12. The van der Waals surface area contributed by atoms with Crippen LogP contribution < -0.4 is 9.47 Å². The number of sulfone groups is 1. The number of ether oxygens (including phenoxy) is 2. The second kappa shape index (κ2) is 10.2. The number of hydrogen-bond donors (Lipinski definition) is 1. The highest BCUT2D eigenvalue weighted by molar-refractivity contribution is 8.16. The summed E-state index contributed by atoms with van der Waals surface area (Å²) in [4.78, 5) is 17.7. The highest BCUT2D eigenvalue weighted by Crippen LogP contribution is 2.38. The highest BCUT2D eigenvalue weighted by Gasteiger charge is 2.42. The molecular weight excluding hydrogens is 512 g/mol. The molecule has 2 aromatic rings. The van der Waals surface area contributed by atoms with Crippen molar-refractivity contribution in [3.63, 3.8) is 0 Å². The minimum absolute atomic E-state index is 0.0295. The van der Waals surface area contributed by atoms with Gasteiger partial charge in [0, 0.05) is 0 Å². The first-order chi connectivity index (χ1) is 16.7. The normalized spacial score (nSPS) is 16.8. The van der Waals surface area contributed by atoms with Crippen LogP contribution in [0.15, 0.2) is 57.4 Å². The maximum atomic E-state index is 12.7. The molecule has 0 aromatic heterocycles. The lowest BCUT2D eigenvalue weighted by Gasteiger charge is -2.24. The Kier molecular flexibility index (Phi) is 7.29. The number of aliphatic imine (C=N–C) groups is 1. The Balaban J connectivity index is 1.67. The Morgan fingerprint density at radius 2 is 1.91 bits per heavy atom. The third-order valence-corrected chi connectivity index (χ3v) is 7.71. The summed E-state index contributed by atoms with van der Waals surface area (Å²) in [6.07, 6.45) is 1.42. The van der Waals surface area contributed by atoms with Crippen LogP contribution in [0.3, 0.4) is 0 Å². The lowest BCUT2D eigenvalue weighted by Crippen LogP contribution is -2.45. The van der Waals surface area contributed by atoms with Crippen molar-refractivity contribution >= 4 is 61.5 Å². The van der Waals surface area contributed by atoms with Crippen molar-refractivity contribution in [2.75, 3.05) is 12.4 Å². The number of carbonyl (C=O) groups excluding carboxylic acids is 1. The number of benzene rings is 2. The number of amidine groups is 3. The summed E-state index contributed by atoms with van der Waals surface area (Å²) in [6, 6.07) is 12.8. The number of amides is 1. The Labute approximate surface area is 212 Å². The van der Waals surface area contributed by atoms with E-state index in [1.54, 1.807) is 12.1 Å². The van der Waals surface area contributed by atoms with Crippen LogP contribution in [0.25, 0.3) is 6.08 Å². The van der Waals surface area contributed by atoms with E-state index in [1.165, 1.54) is 13.0 Å². The second-order valence-corrected chi connectivity index (χ2v) is 10.7. The van der Waals surface area contributed by atoms with E-state index < -0.39 is 15.7 Å². The van der Waals surface area contributed by atoms with Gasteiger partial charge in [0.05, 0.1) is 34.9 Å². The first-order valence-corrected chi connectivity index (χ1v) is 13.4. The molecule has 35 heavy (non-hydrogen) atoms. The number of rotatable bonds is 7. The molecule has 0 saturated carbocycles. The summed E-state index contributed by atoms with van der Waals surface area (Å²) in [5.41, 5.74) is 1.31. The fraction of sp³-hybridized carbons (Fsp3) is 0.217. The summed E-state index contributed by atoms with van der Waals surface area (Å²) in [6.45, 7) is 3.92. The van der Waals surface area contributed by atoms with Gasteiger partial charge in [-0.25, -0.2) is 13.3 Å². The monoisotopic (exact) mass is 532 g/mol. The van der Waals surface area contributed by atoms with Gasteiger partial charge in [-0.2, -0.15) is 9.39 Å². The van der Waals surface area contributed by atoms with Gasteiger partial charge >= 0.3 is 0 Å². The molecule has 0 radical (unpaired) electrons. The fourth-order valence-electron chi connectivity index (χ4n) is 3.30. The summed E-state index contributed by atoms with van der Waals surface area (Å²) >= 11 is 7.25. The molecule has 0 atom stereocenters. The van der Waals surface area contributed by atoms with Crippen LogP contribution in [-0.2, 0) is 21.2 Å². The minimum Gasteiger partial charge on any atom is -0.490 e. The van der Waals surface area contributed by atoms with E-state index >= 15 is 0 Å². The van der Waals surface area contributed by atoms with Crippen LogP contribution in [0.1, 0.15) is 25.0 Å². The molecular formula is C23H21ClN4O5S2. The zero-order chi connectivity index (χ0) is 25.2. The number of nitrogens with zero attached hydrogens (tertiary/aromatic N) is 3. The average molecular weight is 533 g/mol. The Morgan fingerprint density at radius 3 is 2.60 bits per heavy atom. The van der Waals surface area contributed by atoms with Crippen molar-refractivity contribution in [3.05, 3.63) is 64.2 Å². The minimum atomic E-state index is -3.73. The van der Waals surface area contributed by atoms with Gasteiger partial charge in [-0.3, -0.25) is 10.2 Å². The van der Waals surface area contributed by atoms with E-state index in [0.717, 1.165) is 22.4 Å². The molecule has 4 rings (SSSR count). The Bertz CT molecular complexity index is 1390. The topological polar surface area (TPSA) is 121 Å². The fourth-order valence-corrected chi connectivity index (χ4v) is 5.54. The third-order valence-electron chi connectivity index (χ3n) is 5.02. The number of halogens is 1. The molecule has 0 saturated heterocycles. The van der Waals surface area contributed by atoms with Crippen LogP contribution in [0.4, 0.5) is 0 Å². The molecule has 0 aliphatic carbocycles. The molecule has 182 valence electrons. The number of nitrogens with one attached hydrogen (secondary N) is 1. The smallest absolute Gasteiger partial charge is 0.283 e. The molecule has 0 fully saturated rings. The van der Waals surface area contributed by atoms with Crippen LogP contribution in [0.2, 0.25) is 5.02 Å². The van der Waals surface area contributed by atoms with Gasteiger partial charge in [0.15, 0.2) is 11.5 Å². The van der Waals surface area contributed by atoms with Crippen molar-refractivity contribution < 1.29 is 22.7 Å². The van der Waals surface area contributed by atoms with Crippen molar-refractivity contribution in [1.29, 1.82) is 5.41 Å². The largest absolute Gasteiger partial charge is 0.490 e. The maximum Gasteiger partial charge on any atom is 0.283 e. The quantitative estimate of drug-likeness (QED) is 0.416. The van der Waals surface area contributed by atoms with Gasteiger partial charge in [0.1, 0.15) is 12.4 Å². The van der Waals surface area contributed by atoms with Crippen LogP contribution in [0.5, 0.6) is 11.5 Å². The van der Waals surface area contributed by atoms with E-state index in [-0.39, 0.29) is 39.1 Å². The molecule has 1 amide bonds. The van der Waals surface area contributed by atoms with E-state index in [2.05, 4.69) is 9.39 Å².